The summed E-state index contributed by atoms with van der Waals surface area (Å²) in [7, 11) is 1.50. The van der Waals surface area contributed by atoms with Gasteiger partial charge >= 0.3 is 0 Å². The lowest BCUT2D eigenvalue weighted by molar-refractivity contribution is -0.117. The van der Waals surface area contributed by atoms with Gasteiger partial charge in [-0.05, 0) is 49.1 Å². The van der Waals surface area contributed by atoms with Crippen molar-refractivity contribution in [2.75, 3.05) is 12.4 Å². The number of ether oxygens (including phenoxy) is 1. The number of amides is 1. The first-order valence-corrected chi connectivity index (χ1v) is 7.32. The van der Waals surface area contributed by atoms with E-state index in [1.165, 1.54) is 38.9 Å². The Bertz CT molecular complexity index is 514. The van der Waals surface area contributed by atoms with Crippen LogP contribution in [0.5, 0.6) is 11.5 Å². The molecule has 108 valence electrons. The van der Waals surface area contributed by atoms with Crippen molar-refractivity contribution in [3.05, 3.63) is 18.2 Å². The molecule has 2 bridgehead atoms. The van der Waals surface area contributed by atoms with E-state index in [9.17, 15) is 9.90 Å². The average molecular weight is 275 g/mol. The van der Waals surface area contributed by atoms with Crippen LogP contribution >= 0.6 is 0 Å². The first-order chi connectivity index (χ1) is 9.65. The van der Waals surface area contributed by atoms with Crippen LogP contribution in [-0.2, 0) is 4.79 Å². The van der Waals surface area contributed by atoms with E-state index in [1.807, 2.05) is 0 Å². The maximum atomic E-state index is 12.1. The smallest absolute Gasteiger partial charge is 0.224 e. The van der Waals surface area contributed by atoms with Crippen molar-refractivity contribution >= 4 is 11.6 Å². The van der Waals surface area contributed by atoms with Gasteiger partial charge in [-0.3, -0.25) is 4.79 Å². The number of fused-ring (bicyclic) bond motifs is 2. The van der Waals surface area contributed by atoms with E-state index in [-0.39, 0.29) is 11.7 Å². The summed E-state index contributed by atoms with van der Waals surface area (Å²) in [5, 5.41) is 12.6. The number of anilines is 1. The summed E-state index contributed by atoms with van der Waals surface area (Å²) in [6.45, 7) is 0. The number of hydrogen-bond donors (Lipinski definition) is 2. The fourth-order valence-corrected chi connectivity index (χ4v) is 3.84. The molecule has 1 aromatic rings. The van der Waals surface area contributed by atoms with Crippen molar-refractivity contribution in [1.29, 1.82) is 0 Å². The van der Waals surface area contributed by atoms with Crippen LogP contribution in [0, 0.1) is 17.8 Å². The van der Waals surface area contributed by atoms with Crippen molar-refractivity contribution in [3.8, 4) is 11.5 Å². The molecule has 2 aliphatic rings. The molecule has 3 atom stereocenters. The van der Waals surface area contributed by atoms with Crippen LogP contribution in [0.1, 0.15) is 32.1 Å². The summed E-state index contributed by atoms with van der Waals surface area (Å²) in [5.41, 5.74) is 0.622. The molecule has 4 heteroatoms. The van der Waals surface area contributed by atoms with Crippen molar-refractivity contribution in [2.45, 2.75) is 32.1 Å². The standard InChI is InChI=1S/C16H21NO3/c1-20-15-5-4-13(9-14(15)18)17-16(19)8-12-7-10-2-3-11(12)6-10/h4-5,9-12,18H,2-3,6-8H2,1H3,(H,17,19)/t10-,11-,12+/m1/s1. The van der Waals surface area contributed by atoms with Crippen LogP contribution in [0.2, 0.25) is 0 Å². The minimum atomic E-state index is 0.0465. The molecule has 3 rings (SSSR count). The van der Waals surface area contributed by atoms with Crippen LogP contribution in [-0.4, -0.2) is 18.1 Å². The number of carbonyl (C=O) groups is 1. The predicted molar refractivity (Wildman–Crippen MR) is 76.8 cm³/mol. The molecule has 0 saturated heterocycles. The van der Waals surface area contributed by atoms with Gasteiger partial charge in [0.1, 0.15) is 0 Å². The maximum Gasteiger partial charge on any atom is 0.224 e. The monoisotopic (exact) mass is 275 g/mol. The van der Waals surface area contributed by atoms with Gasteiger partial charge in [0, 0.05) is 18.2 Å². The lowest BCUT2D eigenvalue weighted by Crippen LogP contribution is -2.20. The normalized spacial score (nSPS) is 27.6. The van der Waals surface area contributed by atoms with Gasteiger partial charge < -0.3 is 15.2 Å². The Balaban J connectivity index is 1.57. The Hall–Kier alpha value is -1.71. The van der Waals surface area contributed by atoms with Crippen LogP contribution in [0.15, 0.2) is 18.2 Å². The largest absolute Gasteiger partial charge is 0.504 e. The van der Waals surface area contributed by atoms with Crippen LogP contribution in [0.25, 0.3) is 0 Å². The summed E-state index contributed by atoms with van der Waals surface area (Å²) in [6.07, 6.45) is 5.79. The minimum absolute atomic E-state index is 0.0465. The Morgan fingerprint density at radius 1 is 1.40 bits per heavy atom. The maximum absolute atomic E-state index is 12.1. The molecule has 0 spiro atoms. The van der Waals surface area contributed by atoms with Gasteiger partial charge in [0.2, 0.25) is 5.91 Å². The van der Waals surface area contributed by atoms with Gasteiger partial charge in [-0.2, -0.15) is 0 Å². The number of rotatable bonds is 4. The molecule has 2 fully saturated rings. The number of phenolic OH excluding ortho intramolecular Hbond substituents is 1. The Labute approximate surface area is 119 Å². The van der Waals surface area contributed by atoms with Gasteiger partial charge in [0.15, 0.2) is 11.5 Å². The minimum Gasteiger partial charge on any atom is -0.504 e. The molecule has 0 heterocycles. The highest BCUT2D eigenvalue weighted by Gasteiger charge is 2.40. The topological polar surface area (TPSA) is 58.6 Å². The molecular weight excluding hydrogens is 254 g/mol. The number of hydrogen-bond acceptors (Lipinski definition) is 3. The number of benzene rings is 1. The highest BCUT2D eigenvalue weighted by atomic mass is 16.5. The van der Waals surface area contributed by atoms with Crippen molar-refractivity contribution < 1.29 is 14.6 Å². The Morgan fingerprint density at radius 3 is 2.85 bits per heavy atom. The molecule has 1 aromatic carbocycles. The zero-order valence-electron chi connectivity index (χ0n) is 11.8. The molecule has 0 aliphatic heterocycles. The second-order valence-electron chi connectivity index (χ2n) is 6.07. The summed E-state index contributed by atoms with van der Waals surface area (Å²) < 4.78 is 4.98. The predicted octanol–water partition coefficient (Wildman–Crippen LogP) is 3.17. The van der Waals surface area contributed by atoms with Gasteiger partial charge in [0.05, 0.1) is 7.11 Å². The fourth-order valence-electron chi connectivity index (χ4n) is 3.84. The van der Waals surface area contributed by atoms with Crippen LogP contribution < -0.4 is 10.1 Å². The Kier molecular flexibility index (Phi) is 3.55. The Morgan fingerprint density at radius 2 is 2.25 bits per heavy atom. The third-order valence-electron chi connectivity index (χ3n) is 4.79. The van der Waals surface area contributed by atoms with Crippen molar-refractivity contribution in [2.24, 2.45) is 17.8 Å². The van der Waals surface area contributed by atoms with E-state index in [0.717, 1.165) is 11.8 Å². The van der Waals surface area contributed by atoms with Gasteiger partial charge in [0.25, 0.3) is 0 Å². The molecule has 20 heavy (non-hydrogen) atoms. The third-order valence-corrected chi connectivity index (χ3v) is 4.79. The molecule has 2 aliphatic carbocycles. The summed E-state index contributed by atoms with van der Waals surface area (Å²) in [4.78, 5) is 12.1. The molecule has 2 N–H and O–H groups in total. The average Bonchev–Trinajstić information content (AvgIpc) is 3.01. The van der Waals surface area contributed by atoms with E-state index in [0.29, 0.717) is 23.8 Å². The van der Waals surface area contributed by atoms with E-state index in [4.69, 9.17) is 4.74 Å². The molecule has 1 amide bonds. The summed E-state index contributed by atoms with van der Waals surface area (Å²) >= 11 is 0. The zero-order valence-corrected chi connectivity index (χ0v) is 11.8. The van der Waals surface area contributed by atoms with Crippen LogP contribution in [0.4, 0.5) is 5.69 Å². The number of carbonyl (C=O) groups excluding carboxylic acids is 1. The third kappa shape index (κ3) is 2.60. The van der Waals surface area contributed by atoms with E-state index >= 15 is 0 Å². The summed E-state index contributed by atoms with van der Waals surface area (Å²) in [5.74, 6) is 2.69. The molecule has 4 nitrogen and oxygen atoms in total. The molecule has 0 unspecified atom stereocenters. The number of phenols is 1. The van der Waals surface area contributed by atoms with Gasteiger partial charge in [-0.15, -0.1) is 0 Å². The molecule has 0 radical (unpaired) electrons. The van der Waals surface area contributed by atoms with E-state index < -0.39 is 0 Å². The zero-order chi connectivity index (χ0) is 14.1. The van der Waals surface area contributed by atoms with E-state index in [2.05, 4.69) is 5.32 Å². The SMILES string of the molecule is COc1ccc(NC(=O)C[C@@H]2C[C@@H]3CC[C@@H]2C3)cc1O. The fraction of sp³-hybridized carbons (Fsp3) is 0.562. The highest BCUT2D eigenvalue weighted by Crippen LogP contribution is 2.49. The number of methoxy groups -OCH3 is 1. The molecule has 0 aromatic heterocycles. The van der Waals surface area contributed by atoms with Crippen LogP contribution in [0.3, 0.4) is 0 Å². The quantitative estimate of drug-likeness (QED) is 0.887. The van der Waals surface area contributed by atoms with Gasteiger partial charge in [-0.25, -0.2) is 0 Å². The van der Waals surface area contributed by atoms with Gasteiger partial charge in [-0.1, -0.05) is 6.42 Å². The first-order valence-electron chi connectivity index (χ1n) is 7.32. The molecular formula is C16H21NO3. The number of nitrogens with one attached hydrogen (secondary N) is 1. The van der Waals surface area contributed by atoms with Crippen molar-refractivity contribution in [1.82, 2.24) is 0 Å². The first kappa shape index (κ1) is 13.3. The van der Waals surface area contributed by atoms with Crippen molar-refractivity contribution in [3.63, 3.8) is 0 Å². The highest BCUT2D eigenvalue weighted by molar-refractivity contribution is 5.91. The second kappa shape index (κ2) is 5.35. The molecule has 2 saturated carbocycles. The number of aromatic hydroxyl groups is 1. The lowest BCUT2D eigenvalue weighted by atomic mass is 9.86. The summed E-state index contributed by atoms with van der Waals surface area (Å²) in [6, 6.07) is 4.93. The second-order valence-corrected chi connectivity index (χ2v) is 6.07. The lowest BCUT2D eigenvalue weighted by Gasteiger charge is -2.20. The van der Waals surface area contributed by atoms with E-state index in [1.54, 1.807) is 12.1 Å².